The minimum absolute atomic E-state index is 0.00271. The van der Waals surface area contributed by atoms with Gasteiger partial charge in [0.15, 0.2) is 0 Å². The number of unbranched alkanes of at least 4 members (excludes halogenated alkanes) is 3. The molecule has 6 aliphatic heterocycles. The van der Waals surface area contributed by atoms with Crippen molar-refractivity contribution in [2.45, 2.75) is 235 Å². The lowest BCUT2D eigenvalue weighted by molar-refractivity contribution is -0.150. The molecule has 12 bridgehead atoms. The maximum absolute atomic E-state index is 14.3. The highest BCUT2D eigenvalue weighted by Gasteiger charge is 2.56. The third-order valence-corrected chi connectivity index (χ3v) is 28.1. The fourth-order valence-electron chi connectivity index (χ4n) is 19.7. The smallest absolute Gasteiger partial charge is 0.408 e. The molecule has 9 aromatic rings. The van der Waals surface area contributed by atoms with Crippen LogP contribution in [0.1, 0.15) is 180 Å². The Kier molecular flexibility index (Phi) is 30.5. The molecular formula is C111H127N11O15. The maximum atomic E-state index is 14.3. The second-order valence-electron chi connectivity index (χ2n) is 38.6. The van der Waals surface area contributed by atoms with E-state index in [-0.39, 0.29) is 115 Å². The van der Waals surface area contributed by atoms with E-state index in [0.29, 0.717) is 81.6 Å². The van der Waals surface area contributed by atoms with Crippen molar-refractivity contribution in [3.05, 3.63) is 231 Å². The van der Waals surface area contributed by atoms with E-state index < -0.39 is 66.6 Å². The lowest BCUT2D eigenvalue weighted by atomic mass is 9.96. The fraction of sp³-hybridized carbons (Fsp3) is 0.423. The molecular weight excluding hydrogens is 1730 g/mol. The van der Waals surface area contributed by atoms with Crippen LogP contribution in [-0.4, -0.2) is 188 Å². The standard InChI is InChI=1S/C39H45N3O5.C36H42N4O5.C36H40N4O5/c1-4-6-14-28-21-36(43)46-19-12-8-9-13-26-17-18-32-31(20-26)35(23-33(40-32)27-15-10-7-11-16-27)47-30-22-34(42(25-30)38(28)45)37(44)41-39(3)24-29(39)5-2;2*1-4-6-14-29-34(42)40-22-26(19-31(40)33(41)39-36(3)21-25(36)5-2)45-32-20-30(24-12-8-7-9-13-24)37-28-16-15-23(18-27(28)32)11-10-17-44-35(43)38-29/h5,7,9-11,13,15-18,20,23,28-30,34H,2,4,6,8,12,14,19,21-22,24-25H2,1,3H3,(H,41,44);5,7-9,12-13,15-16,18,20,25-26,29,31H,2,4,6,10-11,14,17,19,21-22H2,1,3H3,(H,38,43)(H,39,41);5,7-13,15-16,18,20,25-26,29,31H,2,4,6,14,17,19,21-22H2,1,3H3,(H,38,43)(H,39,41)/b13-9+;;11-10-/t28-,29-,30-,34+,39-;2*25-,26-,29+,31+,36-/m111/s1. The van der Waals surface area contributed by atoms with Crippen LogP contribution in [0.3, 0.4) is 0 Å². The molecule has 15 atom stereocenters. The summed E-state index contributed by atoms with van der Waals surface area (Å²) in [5.41, 5.74) is 9.43. The van der Waals surface area contributed by atoms with E-state index in [4.69, 9.17) is 43.4 Å². The molecule has 18 rings (SSSR count). The number of aromatic nitrogens is 3. The Morgan fingerprint density at radius 3 is 1.26 bits per heavy atom. The Balaban J connectivity index is 0.000000149. The van der Waals surface area contributed by atoms with Gasteiger partial charge in [-0.05, 0) is 144 Å². The summed E-state index contributed by atoms with van der Waals surface area (Å²) in [6.07, 6.45) is 23.1. The summed E-state index contributed by atoms with van der Waals surface area (Å²) in [5.74, 6) is 0.127. The molecule has 3 saturated heterocycles. The van der Waals surface area contributed by atoms with Crippen LogP contribution in [0.25, 0.3) is 78.6 Å². The normalized spacial score (nSPS) is 26.8. The van der Waals surface area contributed by atoms with Gasteiger partial charge in [-0.25, -0.2) is 24.5 Å². The van der Waals surface area contributed by atoms with E-state index in [1.165, 1.54) is 0 Å². The number of aryl methyl sites for hydroxylation is 1. The number of carbonyl (C=O) groups is 9. The zero-order valence-corrected chi connectivity index (χ0v) is 79.4. The van der Waals surface area contributed by atoms with Gasteiger partial charge in [-0.1, -0.05) is 205 Å². The second kappa shape index (κ2) is 43.2. The average Bonchev–Trinajstić information content (AvgIpc) is 1.71. The van der Waals surface area contributed by atoms with Crippen molar-refractivity contribution in [3.63, 3.8) is 0 Å². The SMILES string of the molecule is C=C[C@@H]1C[C@@]1(C)NC(=O)[C@@H]1C[C@@H]2CN1C(=O)[C@H](CCCC)CC(=O)OCCC/C=C/c1ccc3nc(-c4ccccc4)cc(c3c1)O2.C=C[C@@H]1C[C@@]1(C)NC(=O)[C@@H]1C[C@@H]2CN1C(=O)[C@H](CCCC)NC(=O)OC/C=C\c1ccc3nc(-c4ccccc4)cc(c3c1)O2.C=C[C@@H]1C[C@@]1(C)NC(=O)[C@@H]1C[C@@H]2CN1C(=O)[C@H](CCCC)NC(=O)OCCCc1ccc3nc(-c4ccccc4)cc(c3c1)O2. The number of alkyl carbamates (subject to hydrolysis) is 2. The minimum Gasteiger partial charge on any atom is -0.488 e. The Labute approximate surface area is 801 Å². The third-order valence-electron chi connectivity index (χ3n) is 28.1. The number of esters is 1. The number of carbonyl (C=O) groups excluding carboxylic acids is 9. The number of nitrogens with zero attached hydrogens (tertiary/aromatic N) is 6. The van der Waals surface area contributed by atoms with Crippen molar-refractivity contribution in [1.29, 1.82) is 0 Å². The first-order chi connectivity index (χ1) is 66.3. The molecule has 137 heavy (non-hydrogen) atoms. The van der Waals surface area contributed by atoms with E-state index in [2.05, 4.69) is 77.5 Å². The van der Waals surface area contributed by atoms with Crippen LogP contribution >= 0.6 is 0 Å². The number of fused-ring (bicyclic) bond motifs is 9. The lowest BCUT2D eigenvalue weighted by Gasteiger charge is -2.29. The van der Waals surface area contributed by atoms with Crippen LogP contribution in [0.2, 0.25) is 0 Å². The van der Waals surface area contributed by atoms with Crippen LogP contribution in [0.5, 0.6) is 17.2 Å². The van der Waals surface area contributed by atoms with Crippen molar-refractivity contribution in [3.8, 4) is 51.0 Å². The summed E-state index contributed by atoms with van der Waals surface area (Å²) in [5, 5.41) is 17.7. The molecule has 3 aliphatic carbocycles. The predicted octanol–water partition coefficient (Wildman–Crippen LogP) is 18.1. The summed E-state index contributed by atoms with van der Waals surface area (Å²) in [6.45, 7) is 25.0. The molecule has 6 fully saturated rings. The molecule has 716 valence electrons. The Morgan fingerprint density at radius 2 is 0.839 bits per heavy atom. The van der Waals surface area contributed by atoms with Crippen molar-refractivity contribution in [2.24, 2.45) is 23.7 Å². The minimum atomic E-state index is -0.828. The molecule has 3 aromatic heterocycles. The number of pyridine rings is 3. The Bertz CT molecular complexity index is 6050. The molecule has 26 nitrogen and oxygen atoms in total. The van der Waals surface area contributed by atoms with Gasteiger partial charge < -0.3 is 69.7 Å². The average molecular weight is 1860 g/mol. The van der Waals surface area contributed by atoms with Crippen LogP contribution < -0.4 is 40.8 Å². The van der Waals surface area contributed by atoms with Gasteiger partial charge in [0.05, 0.1) is 72.9 Å². The lowest BCUT2D eigenvalue weighted by Crippen LogP contribution is -2.55. The number of hydrogen-bond donors (Lipinski definition) is 5. The van der Waals surface area contributed by atoms with Crippen LogP contribution in [0, 0.1) is 23.7 Å². The predicted molar refractivity (Wildman–Crippen MR) is 530 cm³/mol. The van der Waals surface area contributed by atoms with E-state index in [9.17, 15) is 43.2 Å². The number of nitrogens with one attached hydrogen (secondary N) is 5. The van der Waals surface area contributed by atoms with Crippen molar-refractivity contribution < 1.29 is 71.6 Å². The maximum Gasteiger partial charge on any atom is 0.408 e. The van der Waals surface area contributed by atoms with Gasteiger partial charge >= 0.3 is 18.2 Å². The van der Waals surface area contributed by atoms with Crippen LogP contribution in [0.4, 0.5) is 9.59 Å². The summed E-state index contributed by atoms with van der Waals surface area (Å²) < 4.78 is 36.7. The highest BCUT2D eigenvalue weighted by atomic mass is 16.6. The topological polar surface area (TPSA) is 318 Å². The molecule has 26 heteroatoms. The summed E-state index contributed by atoms with van der Waals surface area (Å²) in [7, 11) is 0. The fourth-order valence-corrected chi connectivity index (χ4v) is 19.7. The molecule has 0 unspecified atom stereocenters. The summed E-state index contributed by atoms with van der Waals surface area (Å²) >= 11 is 0. The third kappa shape index (κ3) is 23.3. The number of benzene rings is 6. The quantitative estimate of drug-likeness (QED) is 0.0253. The number of rotatable bonds is 21. The first-order valence-corrected chi connectivity index (χ1v) is 48.9. The van der Waals surface area contributed by atoms with Crippen molar-refractivity contribution in [2.75, 3.05) is 39.5 Å². The first-order valence-electron chi connectivity index (χ1n) is 48.9. The summed E-state index contributed by atoms with van der Waals surface area (Å²) in [4.78, 5) is 142. The van der Waals surface area contributed by atoms with E-state index in [0.717, 1.165) is 147 Å². The van der Waals surface area contributed by atoms with Gasteiger partial charge in [0.25, 0.3) is 0 Å². The number of hydrogen-bond acceptors (Lipinski definition) is 18. The van der Waals surface area contributed by atoms with Crippen LogP contribution in [0.15, 0.2) is 214 Å². The van der Waals surface area contributed by atoms with Gasteiger partial charge in [-0.2, -0.15) is 0 Å². The summed E-state index contributed by atoms with van der Waals surface area (Å²) in [6, 6.07) is 49.9. The number of ether oxygens (including phenoxy) is 6. The molecule has 0 radical (unpaired) electrons. The molecule has 9 heterocycles. The van der Waals surface area contributed by atoms with Crippen molar-refractivity contribution in [1.82, 2.24) is 56.2 Å². The molecule has 5 N–H and O–H groups in total. The first kappa shape index (κ1) is 96.6. The highest BCUT2D eigenvalue weighted by Crippen LogP contribution is 2.48. The zero-order valence-electron chi connectivity index (χ0n) is 79.4. The Morgan fingerprint density at radius 1 is 0.453 bits per heavy atom. The molecule has 9 aliphatic rings. The Hall–Kier alpha value is -13.5. The van der Waals surface area contributed by atoms with Gasteiger partial charge in [-0.3, -0.25) is 33.6 Å². The number of amides is 8. The highest BCUT2D eigenvalue weighted by molar-refractivity contribution is 5.97. The van der Waals surface area contributed by atoms with E-state index >= 15 is 0 Å². The van der Waals surface area contributed by atoms with Gasteiger partial charge in [0, 0.05) is 111 Å². The van der Waals surface area contributed by atoms with Gasteiger partial charge in [0.1, 0.15) is 72.4 Å². The van der Waals surface area contributed by atoms with Crippen LogP contribution in [-0.2, 0) is 54.2 Å². The van der Waals surface area contributed by atoms with Crippen molar-refractivity contribution >= 4 is 98.5 Å². The molecule has 0 spiro atoms. The number of allylic oxidation sites excluding steroid dienone is 1. The largest absolute Gasteiger partial charge is 0.488 e. The van der Waals surface area contributed by atoms with E-state index in [1.807, 2.05) is 211 Å². The monoisotopic (exact) mass is 1850 g/mol. The molecule has 8 amide bonds. The van der Waals surface area contributed by atoms with Gasteiger partial charge in [0.2, 0.25) is 35.4 Å². The zero-order chi connectivity index (χ0) is 96.1. The number of cyclic esters (lactones) is 3. The molecule has 6 aromatic carbocycles. The van der Waals surface area contributed by atoms with Gasteiger partial charge in [-0.15, -0.1) is 19.7 Å². The second-order valence-corrected chi connectivity index (χ2v) is 38.6. The van der Waals surface area contributed by atoms with E-state index in [1.54, 1.807) is 20.8 Å². The molecule has 3 saturated carbocycles.